The SMILES string of the molecule is N#Cc1cn(Cc2ccccc2[N+](=O)[O-])c2ccc(Cl)cc2c1=O. The van der Waals surface area contributed by atoms with Crippen molar-refractivity contribution in [3.8, 4) is 6.07 Å². The van der Waals surface area contributed by atoms with Gasteiger partial charge in [-0.25, -0.2) is 0 Å². The second-order valence-corrected chi connectivity index (χ2v) is 5.60. The molecule has 0 fully saturated rings. The van der Waals surface area contributed by atoms with Gasteiger partial charge in [0.05, 0.1) is 17.0 Å². The normalized spacial score (nSPS) is 10.5. The fourth-order valence-corrected chi connectivity index (χ4v) is 2.76. The predicted molar refractivity (Wildman–Crippen MR) is 90.1 cm³/mol. The molecule has 0 N–H and O–H groups in total. The van der Waals surface area contributed by atoms with E-state index in [1.807, 2.05) is 6.07 Å². The number of nitriles is 1. The van der Waals surface area contributed by atoms with Crippen molar-refractivity contribution in [2.45, 2.75) is 6.54 Å². The molecule has 0 atom stereocenters. The Morgan fingerprint density at radius 1 is 1.25 bits per heavy atom. The molecule has 0 aliphatic carbocycles. The van der Waals surface area contributed by atoms with E-state index in [0.717, 1.165) is 0 Å². The van der Waals surface area contributed by atoms with Gasteiger partial charge in [-0.1, -0.05) is 29.8 Å². The summed E-state index contributed by atoms with van der Waals surface area (Å²) in [5.41, 5.74) is 0.571. The highest BCUT2D eigenvalue weighted by molar-refractivity contribution is 6.31. The van der Waals surface area contributed by atoms with Gasteiger partial charge in [-0.3, -0.25) is 14.9 Å². The molecule has 1 aromatic heterocycles. The van der Waals surface area contributed by atoms with Gasteiger partial charge in [0.1, 0.15) is 11.6 Å². The van der Waals surface area contributed by atoms with E-state index in [0.29, 0.717) is 21.5 Å². The standard InChI is InChI=1S/C17H10ClN3O3/c18-13-5-6-16-14(7-13)17(22)12(8-19)10-20(16)9-11-3-1-2-4-15(11)21(23)24/h1-7,10H,9H2. The number of fused-ring (bicyclic) bond motifs is 1. The molecule has 1 heterocycles. The monoisotopic (exact) mass is 339 g/mol. The molecular weight excluding hydrogens is 330 g/mol. The number of nitro benzene ring substituents is 1. The average molecular weight is 340 g/mol. The van der Waals surface area contributed by atoms with Gasteiger partial charge in [-0.15, -0.1) is 0 Å². The number of hydrogen-bond donors (Lipinski definition) is 0. The van der Waals surface area contributed by atoms with Crippen LogP contribution in [0.25, 0.3) is 10.9 Å². The summed E-state index contributed by atoms with van der Waals surface area (Å²) in [6.45, 7) is 0.157. The summed E-state index contributed by atoms with van der Waals surface area (Å²) >= 11 is 5.95. The van der Waals surface area contributed by atoms with E-state index in [2.05, 4.69) is 0 Å². The van der Waals surface area contributed by atoms with Crippen LogP contribution in [0, 0.1) is 21.4 Å². The lowest BCUT2D eigenvalue weighted by Crippen LogP contribution is -2.14. The highest BCUT2D eigenvalue weighted by atomic mass is 35.5. The third-order valence-electron chi connectivity index (χ3n) is 3.69. The zero-order valence-electron chi connectivity index (χ0n) is 12.3. The molecule has 0 radical (unpaired) electrons. The van der Waals surface area contributed by atoms with Gasteiger partial charge in [0.25, 0.3) is 5.69 Å². The van der Waals surface area contributed by atoms with Crippen molar-refractivity contribution in [3.05, 3.63) is 85.1 Å². The minimum absolute atomic E-state index is 0.0168. The lowest BCUT2D eigenvalue weighted by atomic mass is 10.1. The predicted octanol–water partition coefficient (Wildman–Crippen LogP) is 3.48. The number of rotatable bonds is 3. The van der Waals surface area contributed by atoms with Crippen molar-refractivity contribution >= 4 is 28.2 Å². The van der Waals surface area contributed by atoms with Crippen molar-refractivity contribution in [1.82, 2.24) is 4.57 Å². The molecule has 0 unspecified atom stereocenters. The van der Waals surface area contributed by atoms with E-state index in [9.17, 15) is 20.2 Å². The molecule has 0 saturated heterocycles. The second kappa shape index (κ2) is 6.14. The molecule has 0 bridgehead atoms. The zero-order chi connectivity index (χ0) is 17.3. The van der Waals surface area contributed by atoms with Gasteiger partial charge < -0.3 is 4.57 Å². The van der Waals surface area contributed by atoms with E-state index in [1.165, 1.54) is 18.3 Å². The number of pyridine rings is 1. The van der Waals surface area contributed by atoms with E-state index in [1.54, 1.807) is 34.9 Å². The Hall–Kier alpha value is -3.17. The van der Waals surface area contributed by atoms with Crippen molar-refractivity contribution < 1.29 is 4.92 Å². The molecule has 7 heteroatoms. The van der Waals surface area contributed by atoms with Crippen LogP contribution in [0.15, 0.2) is 53.5 Å². The Kier molecular flexibility index (Phi) is 4.02. The maximum Gasteiger partial charge on any atom is 0.274 e. The van der Waals surface area contributed by atoms with E-state index in [4.69, 9.17) is 11.6 Å². The summed E-state index contributed by atoms with van der Waals surface area (Å²) in [6, 6.07) is 13.0. The molecule has 0 aliphatic rings. The molecule has 2 aromatic carbocycles. The smallest absolute Gasteiger partial charge is 0.274 e. The maximum atomic E-state index is 12.3. The van der Waals surface area contributed by atoms with Crippen LogP contribution in [0.4, 0.5) is 5.69 Å². The van der Waals surface area contributed by atoms with Crippen LogP contribution in [-0.2, 0) is 6.54 Å². The van der Waals surface area contributed by atoms with Crippen molar-refractivity contribution in [3.63, 3.8) is 0 Å². The molecule has 3 aromatic rings. The lowest BCUT2D eigenvalue weighted by Gasteiger charge is -2.12. The molecule has 6 nitrogen and oxygen atoms in total. The lowest BCUT2D eigenvalue weighted by molar-refractivity contribution is -0.385. The van der Waals surface area contributed by atoms with Crippen LogP contribution in [0.5, 0.6) is 0 Å². The maximum absolute atomic E-state index is 12.3. The van der Waals surface area contributed by atoms with Gasteiger partial charge in [-0.05, 0) is 18.2 Å². The first-order chi connectivity index (χ1) is 11.5. The average Bonchev–Trinajstić information content (AvgIpc) is 2.57. The summed E-state index contributed by atoms with van der Waals surface area (Å²) < 4.78 is 1.65. The summed E-state index contributed by atoms with van der Waals surface area (Å²) in [4.78, 5) is 23.0. The first-order valence-electron chi connectivity index (χ1n) is 6.96. The highest BCUT2D eigenvalue weighted by Crippen LogP contribution is 2.22. The Labute approximate surface area is 141 Å². The topological polar surface area (TPSA) is 88.9 Å². The molecule has 3 rings (SSSR count). The van der Waals surface area contributed by atoms with Crippen molar-refractivity contribution in [1.29, 1.82) is 5.26 Å². The van der Waals surface area contributed by atoms with Gasteiger partial charge in [0.2, 0.25) is 5.43 Å². The van der Waals surface area contributed by atoms with Crippen LogP contribution in [-0.4, -0.2) is 9.49 Å². The van der Waals surface area contributed by atoms with Crippen LogP contribution in [0.1, 0.15) is 11.1 Å². The summed E-state index contributed by atoms with van der Waals surface area (Å²) in [5.74, 6) is 0. The number of halogens is 1. The third kappa shape index (κ3) is 2.73. The van der Waals surface area contributed by atoms with Crippen LogP contribution >= 0.6 is 11.6 Å². The third-order valence-corrected chi connectivity index (χ3v) is 3.93. The van der Waals surface area contributed by atoms with Crippen molar-refractivity contribution in [2.24, 2.45) is 0 Å². The Morgan fingerprint density at radius 3 is 2.71 bits per heavy atom. The van der Waals surface area contributed by atoms with E-state index in [-0.39, 0.29) is 17.8 Å². The van der Waals surface area contributed by atoms with E-state index < -0.39 is 10.4 Å². The quantitative estimate of drug-likeness (QED) is 0.539. The number of nitrogens with zero attached hydrogens (tertiary/aromatic N) is 3. The Bertz CT molecular complexity index is 1070. The van der Waals surface area contributed by atoms with Crippen LogP contribution in [0.2, 0.25) is 5.02 Å². The number of hydrogen-bond acceptors (Lipinski definition) is 4. The molecule has 0 amide bonds. The molecule has 0 spiro atoms. The van der Waals surface area contributed by atoms with Gasteiger partial charge in [0, 0.05) is 28.2 Å². The Balaban J connectivity index is 2.25. The number of benzene rings is 2. The summed E-state index contributed by atoms with van der Waals surface area (Å²) in [6.07, 6.45) is 1.41. The fourth-order valence-electron chi connectivity index (χ4n) is 2.59. The highest BCUT2D eigenvalue weighted by Gasteiger charge is 2.15. The summed E-state index contributed by atoms with van der Waals surface area (Å²) in [5, 5.41) is 21.0. The molecular formula is C17H10ClN3O3. The first kappa shape index (κ1) is 15.7. The zero-order valence-corrected chi connectivity index (χ0v) is 13.0. The minimum atomic E-state index is -0.456. The minimum Gasteiger partial charge on any atom is -0.341 e. The largest absolute Gasteiger partial charge is 0.341 e. The molecule has 118 valence electrons. The van der Waals surface area contributed by atoms with Gasteiger partial charge >= 0.3 is 0 Å². The van der Waals surface area contributed by atoms with Gasteiger partial charge in [0.15, 0.2) is 0 Å². The molecule has 0 aliphatic heterocycles. The number of nitro groups is 1. The first-order valence-corrected chi connectivity index (χ1v) is 7.34. The summed E-state index contributed by atoms with van der Waals surface area (Å²) in [7, 11) is 0. The number of aromatic nitrogens is 1. The fraction of sp³-hybridized carbons (Fsp3) is 0.0588. The van der Waals surface area contributed by atoms with Gasteiger partial charge in [-0.2, -0.15) is 5.26 Å². The molecule has 24 heavy (non-hydrogen) atoms. The molecule has 0 saturated carbocycles. The second-order valence-electron chi connectivity index (χ2n) is 5.16. The van der Waals surface area contributed by atoms with Crippen LogP contribution in [0.3, 0.4) is 0 Å². The van der Waals surface area contributed by atoms with Crippen LogP contribution < -0.4 is 5.43 Å². The van der Waals surface area contributed by atoms with E-state index >= 15 is 0 Å². The Morgan fingerprint density at radius 2 is 2.00 bits per heavy atom. The number of para-hydroxylation sites is 1. The van der Waals surface area contributed by atoms with Crippen molar-refractivity contribution in [2.75, 3.05) is 0 Å².